The molecule has 1 aliphatic carbocycles. The molecule has 4 fully saturated rings. The molecule has 64 heavy (non-hydrogen) atoms. The fourth-order valence-electron chi connectivity index (χ4n) is 11.0. The number of hydrogen-bond donors (Lipinski definition) is 3. The van der Waals surface area contributed by atoms with Crippen LogP contribution < -0.4 is 5.32 Å². The van der Waals surface area contributed by atoms with E-state index in [1.54, 1.807) is 33.3 Å². The standard InChI is InChI=1S/C49H74N2O13/c1-12-26(2)44-29(5)18-19-48(64-44)24-35-21-34(63-48)17-16-28(4)43(27(3)14-13-15-33-25-57-46-41(51-54)30(6)20-36(47(52)60-35)49(33,46)53)61-40-23-38(56-11)45(32(8)59-40)62-39-22-37(55-10)42(50-9)31(7)58-39/h13-16,18-20,26-27,29,31-32,34-40,42-46,50,53-54H,12,17,21-25H2,1-11H3/b14-13+,28-16+,33-15+,51-41+. The Morgan fingerprint density at radius 2 is 1.67 bits per heavy atom. The molecule has 7 aliphatic rings. The van der Waals surface area contributed by atoms with Crippen molar-refractivity contribution in [2.45, 2.75) is 185 Å². The van der Waals surface area contributed by atoms with Gasteiger partial charge in [-0.05, 0) is 69.9 Å². The van der Waals surface area contributed by atoms with Gasteiger partial charge in [0.05, 0.1) is 55.4 Å². The highest BCUT2D eigenvalue weighted by atomic mass is 16.7. The summed E-state index contributed by atoms with van der Waals surface area (Å²) < 4.78 is 64.7. The lowest BCUT2D eigenvalue weighted by Crippen LogP contribution is -2.57. The molecule has 19 unspecified atom stereocenters. The van der Waals surface area contributed by atoms with Gasteiger partial charge < -0.3 is 63.0 Å². The molecule has 3 N–H and O–H groups in total. The van der Waals surface area contributed by atoms with Gasteiger partial charge in [-0.3, -0.25) is 4.79 Å². The quantitative estimate of drug-likeness (QED) is 0.105. The van der Waals surface area contributed by atoms with Crippen molar-refractivity contribution in [1.29, 1.82) is 0 Å². The lowest BCUT2D eigenvalue weighted by Gasteiger charge is -2.48. The minimum atomic E-state index is -1.87. The zero-order valence-corrected chi connectivity index (χ0v) is 39.6. The molecule has 0 saturated carbocycles. The van der Waals surface area contributed by atoms with Gasteiger partial charge in [-0.15, -0.1) is 0 Å². The maximum absolute atomic E-state index is 14.4. The van der Waals surface area contributed by atoms with Crippen LogP contribution in [-0.2, 0) is 52.2 Å². The van der Waals surface area contributed by atoms with Crippen molar-refractivity contribution in [3.63, 3.8) is 0 Å². The molecule has 0 aromatic carbocycles. The minimum Gasteiger partial charge on any atom is -0.462 e. The SMILES string of the molecule is CCC(C)C1OC2(C=CC1C)CC1CC(C/C=C(\C)C(OC3CC(OC)C(OC4CC(OC)C(NC)C(C)O4)C(C)O3)C(C)/C=C/C=C3\COC4/C(=N/O)C(C)=CC(C(=O)O1)C34O)O2. The second-order valence-corrected chi connectivity index (χ2v) is 19.2. The van der Waals surface area contributed by atoms with Gasteiger partial charge in [-0.25, -0.2) is 0 Å². The van der Waals surface area contributed by atoms with Crippen molar-refractivity contribution in [3.8, 4) is 0 Å². The number of carbonyl (C=O) groups is 1. The molecule has 2 bridgehead atoms. The molecule has 15 heteroatoms. The number of aliphatic hydroxyl groups is 1. The molecule has 0 aromatic heterocycles. The van der Waals surface area contributed by atoms with E-state index in [9.17, 15) is 15.1 Å². The minimum absolute atomic E-state index is 0.0153. The second kappa shape index (κ2) is 20.6. The molecule has 4 saturated heterocycles. The first-order valence-electron chi connectivity index (χ1n) is 23.5. The Morgan fingerprint density at radius 1 is 0.953 bits per heavy atom. The zero-order chi connectivity index (χ0) is 46.1. The third-order valence-electron chi connectivity index (χ3n) is 14.8. The Morgan fingerprint density at radius 3 is 2.38 bits per heavy atom. The molecule has 1 spiro atoms. The molecule has 19 atom stereocenters. The van der Waals surface area contributed by atoms with Crippen molar-refractivity contribution >= 4 is 11.7 Å². The summed E-state index contributed by atoms with van der Waals surface area (Å²) in [6.45, 7) is 16.4. The monoisotopic (exact) mass is 899 g/mol. The summed E-state index contributed by atoms with van der Waals surface area (Å²) >= 11 is 0. The highest BCUT2D eigenvalue weighted by Gasteiger charge is 2.60. The van der Waals surface area contributed by atoms with Gasteiger partial charge in [0.1, 0.15) is 35.5 Å². The first-order valence-corrected chi connectivity index (χ1v) is 23.5. The number of ether oxygens (including phenoxy) is 10. The number of nitrogens with zero attached hydrogens (tertiary/aromatic N) is 1. The number of likely N-dealkylation sites (N-methyl/N-ethyl adjacent to an activating group) is 1. The summed E-state index contributed by atoms with van der Waals surface area (Å²) in [6.07, 6.45) is 11.6. The van der Waals surface area contributed by atoms with Crippen LogP contribution in [0.25, 0.3) is 0 Å². The lowest BCUT2D eigenvalue weighted by molar-refractivity contribution is -0.312. The molecule has 6 heterocycles. The average molecular weight is 899 g/mol. The molecule has 0 amide bonds. The summed E-state index contributed by atoms with van der Waals surface area (Å²) in [5.41, 5.74) is 0.254. The van der Waals surface area contributed by atoms with Crippen molar-refractivity contribution in [1.82, 2.24) is 5.32 Å². The maximum Gasteiger partial charge on any atom is 0.316 e. The summed E-state index contributed by atoms with van der Waals surface area (Å²) in [4.78, 5) is 14.4. The van der Waals surface area contributed by atoms with Crippen LogP contribution in [0.4, 0.5) is 0 Å². The van der Waals surface area contributed by atoms with Crippen LogP contribution in [0.1, 0.15) is 93.9 Å². The van der Waals surface area contributed by atoms with Gasteiger partial charge in [0.2, 0.25) is 0 Å². The second-order valence-electron chi connectivity index (χ2n) is 19.2. The molecule has 6 aliphatic heterocycles. The smallest absolute Gasteiger partial charge is 0.316 e. The number of methoxy groups -OCH3 is 2. The van der Waals surface area contributed by atoms with E-state index < -0.39 is 66.4 Å². The summed E-state index contributed by atoms with van der Waals surface area (Å²) in [5, 5.41) is 29.5. The maximum atomic E-state index is 14.4. The molecule has 15 nitrogen and oxygen atoms in total. The van der Waals surface area contributed by atoms with E-state index in [1.807, 2.05) is 39.1 Å². The molecular weight excluding hydrogens is 825 g/mol. The molecule has 0 aromatic rings. The van der Waals surface area contributed by atoms with Gasteiger partial charge in [0.25, 0.3) is 0 Å². The van der Waals surface area contributed by atoms with Crippen molar-refractivity contribution in [3.05, 3.63) is 59.3 Å². The number of esters is 1. The first-order chi connectivity index (χ1) is 30.6. The number of carbonyl (C=O) groups excluding carboxylic acids is 1. The Labute approximate surface area is 379 Å². The van der Waals surface area contributed by atoms with E-state index >= 15 is 0 Å². The van der Waals surface area contributed by atoms with E-state index in [0.29, 0.717) is 36.8 Å². The Balaban J connectivity index is 1.19. The number of fused-ring (bicyclic) bond motifs is 2. The van der Waals surface area contributed by atoms with Gasteiger partial charge in [0, 0.05) is 51.7 Å². The molecular formula is C49H74N2O13. The van der Waals surface area contributed by atoms with Crippen molar-refractivity contribution < 1.29 is 62.5 Å². The number of oxime groups is 1. The van der Waals surface area contributed by atoms with Crippen LogP contribution in [0.3, 0.4) is 0 Å². The molecule has 0 radical (unpaired) electrons. The Hall–Kier alpha value is -2.80. The van der Waals surface area contributed by atoms with Crippen molar-refractivity contribution in [2.75, 3.05) is 27.9 Å². The van der Waals surface area contributed by atoms with Crippen molar-refractivity contribution in [2.24, 2.45) is 28.8 Å². The highest BCUT2D eigenvalue weighted by molar-refractivity contribution is 6.06. The summed E-state index contributed by atoms with van der Waals surface area (Å²) in [5.74, 6) is -2.60. The summed E-state index contributed by atoms with van der Waals surface area (Å²) in [7, 11) is 5.30. The van der Waals surface area contributed by atoms with Crippen LogP contribution in [0.2, 0.25) is 0 Å². The van der Waals surface area contributed by atoms with E-state index in [-0.39, 0.29) is 73.1 Å². The summed E-state index contributed by atoms with van der Waals surface area (Å²) in [6, 6.07) is 0.0402. The highest BCUT2D eigenvalue weighted by Crippen LogP contribution is 2.46. The van der Waals surface area contributed by atoms with Gasteiger partial charge in [0.15, 0.2) is 18.4 Å². The van der Waals surface area contributed by atoms with E-state index in [1.165, 1.54) is 0 Å². The topological polar surface area (TPSA) is 174 Å². The van der Waals surface area contributed by atoms with Crippen LogP contribution in [0.5, 0.6) is 0 Å². The van der Waals surface area contributed by atoms with E-state index in [0.717, 1.165) is 12.0 Å². The number of allylic oxidation sites excluding steroid dienone is 2. The van der Waals surface area contributed by atoms with Crippen LogP contribution in [-0.4, -0.2) is 141 Å². The van der Waals surface area contributed by atoms with Crippen LogP contribution >= 0.6 is 0 Å². The third kappa shape index (κ3) is 9.92. The van der Waals surface area contributed by atoms with Crippen LogP contribution in [0.15, 0.2) is 64.4 Å². The Kier molecular flexibility index (Phi) is 15.8. The average Bonchev–Trinajstić information content (AvgIpc) is 3.60. The largest absolute Gasteiger partial charge is 0.462 e. The van der Waals surface area contributed by atoms with Crippen LogP contribution in [0, 0.1) is 23.7 Å². The van der Waals surface area contributed by atoms with Gasteiger partial charge in [-0.2, -0.15) is 0 Å². The molecule has 358 valence electrons. The van der Waals surface area contributed by atoms with E-state index in [4.69, 9.17) is 47.4 Å². The number of hydrogen-bond acceptors (Lipinski definition) is 15. The Bertz CT molecular complexity index is 1830. The zero-order valence-electron chi connectivity index (χ0n) is 39.6. The fourth-order valence-corrected chi connectivity index (χ4v) is 11.0. The normalized spacial score (nSPS) is 47.5. The third-order valence-corrected chi connectivity index (χ3v) is 14.8. The van der Waals surface area contributed by atoms with Gasteiger partial charge in [-0.1, -0.05) is 75.7 Å². The molecule has 7 rings (SSSR count). The lowest BCUT2D eigenvalue weighted by atomic mass is 9.71. The van der Waals surface area contributed by atoms with Gasteiger partial charge >= 0.3 is 5.97 Å². The first kappa shape index (κ1) is 49.1. The number of nitrogens with one attached hydrogen (secondary N) is 1. The predicted molar refractivity (Wildman–Crippen MR) is 237 cm³/mol. The van der Waals surface area contributed by atoms with E-state index in [2.05, 4.69) is 57.2 Å². The predicted octanol–water partition coefficient (Wildman–Crippen LogP) is 6.07. The fraction of sp³-hybridized carbons (Fsp3) is 0.755. The number of rotatable bonds is 9.